The number of nitrogens with zero attached hydrogens (tertiary/aromatic N) is 1. The van der Waals surface area contributed by atoms with Gasteiger partial charge >= 0.3 is 0 Å². The minimum atomic E-state index is 0.681. The summed E-state index contributed by atoms with van der Waals surface area (Å²) in [7, 11) is 0. The Morgan fingerprint density at radius 3 is 3.11 bits per heavy atom. The summed E-state index contributed by atoms with van der Waals surface area (Å²) in [6.07, 6.45) is 5.02. The minimum absolute atomic E-state index is 0.681. The lowest BCUT2D eigenvalue weighted by atomic mass is 10.1. The number of rotatable bonds is 4. The second kappa shape index (κ2) is 5.50. The fraction of sp³-hybridized carbons (Fsp3) is 0.500. The molecule has 1 aromatic heterocycles. The van der Waals surface area contributed by atoms with Crippen molar-refractivity contribution in [1.29, 1.82) is 0 Å². The molecule has 0 bridgehead atoms. The Morgan fingerprint density at radius 1 is 1.33 bits per heavy atom. The molecule has 4 heteroatoms. The monoisotopic (exact) mass is 245 g/mol. The van der Waals surface area contributed by atoms with Gasteiger partial charge in [-0.1, -0.05) is 6.07 Å². The molecule has 0 spiro atoms. The summed E-state index contributed by atoms with van der Waals surface area (Å²) >= 11 is 0. The first-order chi connectivity index (χ1) is 8.92. The molecule has 0 atom stereocenters. The highest BCUT2D eigenvalue weighted by Crippen LogP contribution is 2.14. The van der Waals surface area contributed by atoms with E-state index < -0.39 is 0 Å². The van der Waals surface area contributed by atoms with E-state index in [1.807, 2.05) is 6.07 Å². The van der Waals surface area contributed by atoms with Crippen LogP contribution in [0.3, 0.4) is 0 Å². The lowest BCUT2D eigenvalue weighted by Crippen LogP contribution is -2.40. The predicted octanol–water partition coefficient (Wildman–Crippen LogP) is 1.71. The maximum absolute atomic E-state index is 5.32. The molecule has 1 fully saturated rings. The first-order valence-electron chi connectivity index (χ1n) is 6.68. The molecule has 1 saturated heterocycles. The third-order valence-corrected chi connectivity index (χ3v) is 3.58. The topological polar surface area (TPSA) is 50.1 Å². The highest BCUT2D eigenvalue weighted by molar-refractivity contribution is 5.72. The van der Waals surface area contributed by atoms with E-state index in [1.54, 1.807) is 0 Å². The predicted molar refractivity (Wildman–Crippen MR) is 71.6 cm³/mol. The first-order valence-corrected chi connectivity index (χ1v) is 6.68. The van der Waals surface area contributed by atoms with E-state index in [-0.39, 0.29) is 0 Å². The number of hydrogen-bond donors (Lipinski definition) is 2. The summed E-state index contributed by atoms with van der Waals surface area (Å²) in [5.41, 5.74) is 3.13. The molecule has 0 saturated carbocycles. The van der Waals surface area contributed by atoms with Crippen LogP contribution < -0.4 is 10.6 Å². The number of aromatic nitrogens is 1. The Morgan fingerprint density at radius 2 is 2.22 bits per heavy atom. The quantitative estimate of drug-likeness (QED) is 0.861. The van der Waals surface area contributed by atoms with Crippen LogP contribution in [0.25, 0.3) is 11.1 Å². The summed E-state index contributed by atoms with van der Waals surface area (Å²) in [6.45, 7) is 3.31. The molecular formula is C14H19N3O. The molecule has 96 valence electrons. The van der Waals surface area contributed by atoms with Gasteiger partial charge in [0.15, 0.2) is 12.0 Å². The zero-order valence-corrected chi connectivity index (χ0v) is 10.5. The van der Waals surface area contributed by atoms with Crippen molar-refractivity contribution in [1.82, 2.24) is 15.6 Å². The highest BCUT2D eigenvalue weighted by atomic mass is 16.3. The summed E-state index contributed by atoms with van der Waals surface area (Å²) in [4.78, 5) is 4.12. The van der Waals surface area contributed by atoms with Gasteiger partial charge in [-0.3, -0.25) is 0 Å². The molecule has 0 amide bonds. The fourth-order valence-corrected chi connectivity index (χ4v) is 2.50. The number of benzene rings is 1. The molecule has 2 aromatic rings. The highest BCUT2D eigenvalue weighted by Gasteiger charge is 2.11. The van der Waals surface area contributed by atoms with E-state index in [2.05, 4.69) is 27.8 Å². The SMILES string of the molecule is c1nc2ccc(CCNC3CCNCC3)cc2o1. The van der Waals surface area contributed by atoms with E-state index in [4.69, 9.17) is 4.42 Å². The van der Waals surface area contributed by atoms with Gasteiger partial charge in [-0.25, -0.2) is 4.98 Å². The van der Waals surface area contributed by atoms with Gasteiger partial charge in [0.25, 0.3) is 0 Å². The van der Waals surface area contributed by atoms with E-state index in [0.717, 1.165) is 37.2 Å². The van der Waals surface area contributed by atoms with Crippen LogP contribution in [0.15, 0.2) is 29.0 Å². The Bertz CT molecular complexity index is 502. The smallest absolute Gasteiger partial charge is 0.181 e. The maximum Gasteiger partial charge on any atom is 0.181 e. The summed E-state index contributed by atoms with van der Waals surface area (Å²) < 4.78 is 5.32. The molecule has 18 heavy (non-hydrogen) atoms. The Balaban J connectivity index is 1.52. The number of fused-ring (bicyclic) bond motifs is 1. The lowest BCUT2D eigenvalue weighted by molar-refractivity contribution is 0.389. The molecule has 2 N–H and O–H groups in total. The minimum Gasteiger partial charge on any atom is -0.443 e. The van der Waals surface area contributed by atoms with Crippen LogP contribution in [0.5, 0.6) is 0 Å². The molecule has 1 aliphatic heterocycles. The van der Waals surface area contributed by atoms with Gasteiger partial charge in [0.1, 0.15) is 5.52 Å². The lowest BCUT2D eigenvalue weighted by Gasteiger charge is -2.23. The first kappa shape index (κ1) is 11.7. The summed E-state index contributed by atoms with van der Waals surface area (Å²) in [5.74, 6) is 0. The van der Waals surface area contributed by atoms with Gasteiger partial charge in [0.2, 0.25) is 0 Å². The van der Waals surface area contributed by atoms with Crippen molar-refractivity contribution in [2.45, 2.75) is 25.3 Å². The van der Waals surface area contributed by atoms with Gasteiger partial charge in [0.05, 0.1) is 0 Å². The second-order valence-corrected chi connectivity index (χ2v) is 4.88. The van der Waals surface area contributed by atoms with Crippen molar-refractivity contribution in [3.8, 4) is 0 Å². The third kappa shape index (κ3) is 2.71. The number of nitrogens with one attached hydrogen (secondary N) is 2. The molecule has 0 unspecified atom stereocenters. The molecule has 2 heterocycles. The zero-order chi connectivity index (χ0) is 12.2. The van der Waals surface area contributed by atoms with Crippen LogP contribution in [0.4, 0.5) is 0 Å². The van der Waals surface area contributed by atoms with Crippen LogP contribution >= 0.6 is 0 Å². The molecule has 1 aromatic carbocycles. The van der Waals surface area contributed by atoms with Gasteiger partial charge in [-0.2, -0.15) is 0 Å². The van der Waals surface area contributed by atoms with Crippen molar-refractivity contribution in [2.75, 3.05) is 19.6 Å². The largest absolute Gasteiger partial charge is 0.443 e. The van der Waals surface area contributed by atoms with Crippen molar-refractivity contribution >= 4 is 11.1 Å². The van der Waals surface area contributed by atoms with Crippen LogP contribution in [0.1, 0.15) is 18.4 Å². The summed E-state index contributed by atoms with van der Waals surface area (Å²) in [6, 6.07) is 6.93. The fourth-order valence-electron chi connectivity index (χ4n) is 2.50. The zero-order valence-electron chi connectivity index (χ0n) is 10.5. The molecule has 0 radical (unpaired) electrons. The molecule has 3 rings (SSSR count). The van der Waals surface area contributed by atoms with Crippen LogP contribution in [0, 0.1) is 0 Å². The number of hydrogen-bond acceptors (Lipinski definition) is 4. The van der Waals surface area contributed by atoms with Crippen molar-refractivity contribution in [3.63, 3.8) is 0 Å². The van der Waals surface area contributed by atoms with Gasteiger partial charge in [-0.15, -0.1) is 0 Å². The van der Waals surface area contributed by atoms with Gasteiger partial charge < -0.3 is 15.1 Å². The maximum atomic E-state index is 5.32. The van der Waals surface area contributed by atoms with E-state index in [0.29, 0.717) is 6.04 Å². The standard InChI is InChI=1S/C14H19N3O/c1-2-13-14(18-10-17-13)9-11(1)3-8-16-12-4-6-15-7-5-12/h1-2,9-10,12,15-16H,3-8H2. The number of piperidine rings is 1. The Labute approximate surface area is 107 Å². The average Bonchev–Trinajstić information content (AvgIpc) is 2.87. The molecule has 1 aliphatic rings. The Hall–Kier alpha value is -1.39. The van der Waals surface area contributed by atoms with Crippen molar-refractivity contribution in [3.05, 3.63) is 30.2 Å². The van der Waals surface area contributed by atoms with Crippen molar-refractivity contribution in [2.24, 2.45) is 0 Å². The third-order valence-electron chi connectivity index (χ3n) is 3.58. The average molecular weight is 245 g/mol. The van der Waals surface area contributed by atoms with Gasteiger partial charge in [0, 0.05) is 6.04 Å². The number of oxazole rings is 1. The van der Waals surface area contributed by atoms with Crippen LogP contribution in [-0.4, -0.2) is 30.7 Å². The summed E-state index contributed by atoms with van der Waals surface area (Å²) in [5, 5.41) is 7.01. The molecule has 4 nitrogen and oxygen atoms in total. The van der Waals surface area contributed by atoms with E-state index >= 15 is 0 Å². The van der Waals surface area contributed by atoms with Crippen molar-refractivity contribution < 1.29 is 4.42 Å². The second-order valence-electron chi connectivity index (χ2n) is 4.88. The van der Waals surface area contributed by atoms with Crippen LogP contribution in [-0.2, 0) is 6.42 Å². The molecular weight excluding hydrogens is 226 g/mol. The Kier molecular flexibility index (Phi) is 3.57. The normalized spacial score (nSPS) is 17.3. The van der Waals surface area contributed by atoms with E-state index in [9.17, 15) is 0 Å². The van der Waals surface area contributed by atoms with Crippen LogP contribution in [0.2, 0.25) is 0 Å². The molecule has 0 aliphatic carbocycles. The van der Waals surface area contributed by atoms with E-state index in [1.165, 1.54) is 24.8 Å². The van der Waals surface area contributed by atoms with Gasteiger partial charge in [-0.05, 0) is 56.6 Å².